The summed E-state index contributed by atoms with van der Waals surface area (Å²) in [5, 5.41) is 0.600. The number of halogens is 1. The number of benzene rings is 1. The average molecular weight is 488 g/mol. The van der Waals surface area contributed by atoms with Crippen LogP contribution in [0.5, 0.6) is 5.75 Å². The molecule has 2 aliphatic heterocycles. The molecule has 1 aromatic heterocycles. The average Bonchev–Trinajstić information content (AvgIpc) is 2.76. The van der Waals surface area contributed by atoms with Crippen molar-refractivity contribution in [1.29, 1.82) is 0 Å². The van der Waals surface area contributed by atoms with Gasteiger partial charge in [-0.3, -0.25) is 9.36 Å². The van der Waals surface area contributed by atoms with E-state index in [9.17, 15) is 9.59 Å². The molecule has 2 aromatic rings. The minimum absolute atomic E-state index is 0.0966. The zero-order chi connectivity index (χ0) is 24.5. The van der Waals surface area contributed by atoms with E-state index in [0.29, 0.717) is 36.0 Å². The van der Waals surface area contributed by atoms with E-state index in [1.807, 2.05) is 39.0 Å². The smallest absolute Gasteiger partial charge is 0.329 e. The van der Waals surface area contributed by atoms with Crippen molar-refractivity contribution in [2.24, 2.45) is 5.92 Å². The molecule has 0 aliphatic carbocycles. The van der Waals surface area contributed by atoms with Crippen molar-refractivity contribution in [3.63, 3.8) is 0 Å². The van der Waals surface area contributed by atoms with E-state index in [0.717, 1.165) is 36.8 Å². The molecule has 1 saturated heterocycles. The van der Waals surface area contributed by atoms with Crippen LogP contribution in [-0.2, 0) is 20.7 Å². The van der Waals surface area contributed by atoms with Gasteiger partial charge in [-0.2, -0.15) is 0 Å². The van der Waals surface area contributed by atoms with Gasteiger partial charge in [0.2, 0.25) is 0 Å². The first-order valence-electron chi connectivity index (χ1n) is 12.1. The second-order valence-corrected chi connectivity index (χ2v) is 10.9. The van der Waals surface area contributed by atoms with Gasteiger partial charge in [0.15, 0.2) is 0 Å². The normalized spacial score (nSPS) is 21.3. The number of ether oxygens (including phenoxy) is 3. The van der Waals surface area contributed by atoms with Gasteiger partial charge in [0.05, 0.1) is 18.9 Å². The third kappa shape index (κ3) is 5.84. The minimum atomic E-state index is -0.801. The van der Waals surface area contributed by atoms with Crippen molar-refractivity contribution in [2.75, 3.05) is 13.2 Å². The Bertz CT molecular complexity index is 1100. The van der Waals surface area contributed by atoms with Gasteiger partial charge >= 0.3 is 5.97 Å². The molecule has 4 rings (SSSR count). The highest BCUT2D eigenvalue weighted by molar-refractivity contribution is 6.30. The number of fused-ring (bicyclic) bond motifs is 3. The summed E-state index contributed by atoms with van der Waals surface area (Å²) in [7, 11) is 0. The van der Waals surface area contributed by atoms with E-state index in [1.54, 1.807) is 12.3 Å². The summed E-state index contributed by atoms with van der Waals surface area (Å²) in [5.74, 6) is 0.407. The molecule has 34 heavy (non-hydrogen) atoms. The van der Waals surface area contributed by atoms with Crippen LogP contribution in [0.3, 0.4) is 0 Å². The van der Waals surface area contributed by atoms with Crippen molar-refractivity contribution >= 4 is 17.6 Å². The number of hydrogen-bond donors (Lipinski definition) is 0. The molecule has 0 radical (unpaired) electrons. The molecule has 3 atom stereocenters. The predicted molar refractivity (Wildman–Crippen MR) is 133 cm³/mol. The monoisotopic (exact) mass is 487 g/mol. The molecule has 1 fully saturated rings. The van der Waals surface area contributed by atoms with Crippen molar-refractivity contribution in [1.82, 2.24) is 4.57 Å². The topological polar surface area (TPSA) is 66.8 Å². The maximum absolute atomic E-state index is 13.4. The lowest BCUT2D eigenvalue weighted by molar-refractivity contribution is -0.160. The Morgan fingerprint density at radius 3 is 2.74 bits per heavy atom. The fourth-order valence-electron chi connectivity index (χ4n) is 4.68. The van der Waals surface area contributed by atoms with Gasteiger partial charge < -0.3 is 14.2 Å². The second kappa shape index (κ2) is 10.1. The van der Waals surface area contributed by atoms with Crippen molar-refractivity contribution in [3.05, 3.63) is 51.4 Å². The van der Waals surface area contributed by atoms with Gasteiger partial charge in [0.25, 0.3) is 5.56 Å². The molecular formula is C27H34ClNO5. The molecule has 0 saturated carbocycles. The summed E-state index contributed by atoms with van der Waals surface area (Å²) in [5.41, 5.74) is 1.76. The summed E-state index contributed by atoms with van der Waals surface area (Å²) in [6.07, 6.45) is 5.70. The molecule has 7 heteroatoms. The predicted octanol–water partition coefficient (Wildman–Crippen LogP) is 5.58. The zero-order valence-electron chi connectivity index (χ0n) is 20.4. The highest BCUT2D eigenvalue weighted by Gasteiger charge is 2.32. The largest absolute Gasteiger partial charge is 0.491 e. The Morgan fingerprint density at radius 1 is 1.24 bits per heavy atom. The summed E-state index contributed by atoms with van der Waals surface area (Å²) in [6.45, 7) is 8.79. The highest BCUT2D eigenvalue weighted by Crippen LogP contribution is 2.37. The summed E-state index contributed by atoms with van der Waals surface area (Å²) < 4.78 is 19.2. The van der Waals surface area contributed by atoms with Crippen LogP contribution in [0, 0.1) is 5.92 Å². The van der Waals surface area contributed by atoms with E-state index in [1.165, 1.54) is 4.57 Å². The summed E-state index contributed by atoms with van der Waals surface area (Å²) >= 11 is 6.31. The molecule has 0 bridgehead atoms. The first kappa shape index (κ1) is 24.8. The van der Waals surface area contributed by atoms with Crippen molar-refractivity contribution in [3.8, 4) is 16.9 Å². The lowest BCUT2D eigenvalue weighted by Gasteiger charge is -2.30. The van der Waals surface area contributed by atoms with Crippen LogP contribution >= 0.6 is 11.6 Å². The van der Waals surface area contributed by atoms with Gasteiger partial charge in [-0.15, -0.1) is 0 Å². The number of carbonyl (C=O) groups is 1. The first-order valence-corrected chi connectivity index (χ1v) is 12.5. The highest BCUT2D eigenvalue weighted by atomic mass is 35.5. The summed E-state index contributed by atoms with van der Waals surface area (Å²) in [4.78, 5) is 26.7. The van der Waals surface area contributed by atoms with Gasteiger partial charge in [0.1, 0.15) is 17.4 Å². The van der Waals surface area contributed by atoms with Gasteiger partial charge in [-0.25, -0.2) is 4.79 Å². The third-order valence-corrected chi connectivity index (χ3v) is 6.51. The van der Waals surface area contributed by atoms with Crippen LogP contribution in [0.25, 0.3) is 11.1 Å². The Hall–Kier alpha value is -2.31. The molecule has 184 valence electrons. The second-order valence-electron chi connectivity index (χ2n) is 10.5. The number of carbonyl (C=O) groups excluding carboxylic acids is 1. The number of aromatic nitrogens is 1. The summed E-state index contributed by atoms with van der Waals surface area (Å²) in [6, 6.07) is 6.52. The zero-order valence-corrected chi connectivity index (χ0v) is 21.2. The molecule has 0 N–H and O–H groups in total. The van der Waals surface area contributed by atoms with Crippen molar-refractivity contribution in [2.45, 2.75) is 77.5 Å². The van der Waals surface area contributed by atoms with Crippen LogP contribution in [0.1, 0.15) is 65.0 Å². The quantitative estimate of drug-likeness (QED) is 0.526. The standard InChI is InChI=1S/C27H34ClNO5/c1-17-11-18-8-9-19(28)12-21(18)22-14-25(30)29(15-24(22)33-16-17)23(26(31)34-27(2,3)4)13-20-7-5-6-10-32-20/h8-9,12,14-15,17,20,23H,5-7,10-11,13,16H2,1-4H3/t17-,20+,23?/m1/s1. The molecule has 1 aromatic carbocycles. The fraction of sp³-hybridized carbons (Fsp3) is 0.556. The molecule has 2 aliphatic rings. The Kier molecular flexibility index (Phi) is 7.39. The maximum atomic E-state index is 13.4. The number of rotatable bonds is 4. The van der Waals surface area contributed by atoms with E-state index in [2.05, 4.69) is 6.92 Å². The Labute approximate surface area is 206 Å². The number of pyridine rings is 1. The van der Waals surface area contributed by atoms with Gasteiger partial charge in [0, 0.05) is 29.7 Å². The fourth-order valence-corrected chi connectivity index (χ4v) is 4.85. The lowest BCUT2D eigenvalue weighted by atomic mass is 9.92. The van der Waals surface area contributed by atoms with E-state index >= 15 is 0 Å². The Balaban J connectivity index is 1.78. The lowest BCUT2D eigenvalue weighted by Crippen LogP contribution is -2.37. The third-order valence-electron chi connectivity index (χ3n) is 6.27. The van der Waals surface area contributed by atoms with Crippen LogP contribution in [0.2, 0.25) is 5.02 Å². The van der Waals surface area contributed by atoms with Crippen LogP contribution in [-0.4, -0.2) is 35.5 Å². The molecule has 6 nitrogen and oxygen atoms in total. The van der Waals surface area contributed by atoms with E-state index in [4.69, 9.17) is 25.8 Å². The van der Waals surface area contributed by atoms with Crippen molar-refractivity contribution < 1.29 is 19.0 Å². The van der Waals surface area contributed by atoms with Crippen LogP contribution < -0.4 is 10.3 Å². The van der Waals surface area contributed by atoms with Crippen LogP contribution in [0.4, 0.5) is 0 Å². The number of esters is 1. The maximum Gasteiger partial charge on any atom is 0.329 e. The van der Waals surface area contributed by atoms with E-state index in [-0.39, 0.29) is 17.6 Å². The van der Waals surface area contributed by atoms with Crippen LogP contribution in [0.15, 0.2) is 35.3 Å². The molecule has 0 amide bonds. The molecular weight excluding hydrogens is 454 g/mol. The molecule has 1 unspecified atom stereocenters. The first-order chi connectivity index (χ1) is 16.1. The minimum Gasteiger partial charge on any atom is -0.491 e. The number of nitrogens with zero attached hydrogens (tertiary/aromatic N) is 1. The van der Waals surface area contributed by atoms with Gasteiger partial charge in [-0.1, -0.05) is 24.6 Å². The Morgan fingerprint density at radius 2 is 2.03 bits per heavy atom. The SMILES string of the molecule is C[C@H]1COc2cn(C(C[C@@H]3CCCCO3)C(=O)OC(C)(C)C)c(=O)cc2-c2cc(Cl)ccc2C1. The van der Waals surface area contributed by atoms with Gasteiger partial charge in [-0.05, 0) is 75.6 Å². The molecule has 0 spiro atoms. The molecule has 3 heterocycles. The van der Waals surface area contributed by atoms with E-state index < -0.39 is 17.6 Å². The number of hydrogen-bond acceptors (Lipinski definition) is 5.